The van der Waals surface area contributed by atoms with E-state index in [9.17, 15) is 37.7 Å². The number of fused-ring (bicyclic) bond motifs is 9. The first-order valence-corrected chi connectivity index (χ1v) is 19.3. The lowest BCUT2D eigenvalue weighted by molar-refractivity contribution is -0.384. The van der Waals surface area contributed by atoms with Crippen LogP contribution in [0.15, 0.2) is 81.4 Å². The van der Waals surface area contributed by atoms with Crippen LogP contribution in [0.4, 0.5) is 17.1 Å². The molecule has 8 rings (SSSR count). The van der Waals surface area contributed by atoms with Crippen LogP contribution < -0.4 is 29.7 Å². The summed E-state index contributed by atoms with van der Waals surface area (Å²) < 4.78 is 34.5. The van der Waals surface area contributed by atoms with Gasteiger partial charge < -0.3 is 19.8 Å². The summed E-state index contributed by atoms with van der Waals surface area (Å²) in [6.45, 7) is -0.380. The standard InChI is InChI=1S/C34H29N5O10S3/c1-48-23-12-15(2-11-22(23)49-14-24(40)36-16-3-9-19(10-4-16)52(35,46)47)25-26-20-13-21(29(26)50-31-30(25)51-34(43)37-31)28-27(20)32(41)38(33(28)42)17-5-7-18(8-6-17)39(44)45/h2-12,20-21,25-29H,13-14H2,1H3,(H,36,40)(H,37,43)(H2,35,46,47)/t20-,21-,25-,26?,27?,28?,29?/m1/s1. The maximum absolute atomic E-state index is 14.0. The molecular formula is C34H29N5O10S3. The zero-order valence-corrected chi connectivity index (χ0v) is 29.5. The number of nitrogens with two attached hydrogens (primary N) is 1. The Labute approximate surface area is 303 Å². The number of rotatable bonds is 9. The average molecular weight is 764 g/mol. The number of carbonyl (C=O) groups excluding carboxylic acids is 3. The van der Waals surface area contributed by atoms with Gasteiger partial charge in [-0.2, -0.15) is 0 Å². The minimum atomic E-state index is -3.88. The predicted octanol–water partition coefficient (Wildman–Crippen LogP) is 3.70. The maximum Gasteiger partial charge on any atom is 0.305 e. The first-order valence-electron chi connectivity index (χ1n) is 16.1. The lowest BCUT2D eigenvalue weighted by atomic mass is 9.68. The first-order chi connectivity index (χ1) is 24.8. The number of H-pyrrole nitrogens is 1. The third kappa shape index (κ3) is 5.56. The summed E-state index contributed by atoms with van der Waals surface area (Å²) >= 11 is 2.67. The lowest BCUT2D eigenvalue weighted by Crippen LogP contribution is -2.42. The van der Waals surface area contributed by atoms with Crippen LogP contribution >= 0.6 is 23.1 Å². The third-order valence-corrected chi connectivity index (χ3v) is 13.9. The van der Waals surface area contributed by atoms with Crippen LogP contribution in [0.1, 0.15) is 22.8 Å². The third-order valence-electron chi connectivity index (χ3n) is 10.4. The van der Waals surface area contributed by atoms with Crippen LogP contribution in [0.5, 0.6) is 11.5 Å². The molecule has 4 aromatic rings. The number of nitrogens with one attached hydrogen (secondary N) is 2. The van der Waals surface area contributed by atoms with E-state index < -0.39 is 32.7 Å². The topological polar surface area (TPSA) is 221 Å². The highest BCUT2D eigenvalue weighted by molar-refractivity contribution is 8.00. The molecule has 1 saturated heterocycles. The molecule has 2 aliphatic carbocycles. The number of non-ortho nitro benzene ring substituents is 1. The molecule has 18 heteroatoms. The van der Waals surface area contributed by atoms with Crippen LogP contribution in [0, 0.1) is 39.7 Å². The van der Waals surface area contributed by atoms with E-state index in [4.69, 9.17) is 14.6 Å². The summed E-state index contributed by atoms with van der Waals surface area (Å²) in [5.41, 5.74) is 1.34. The highest BCUT2D eigenvalue weighted by Crippen LogP contribution is 2.68. The van der Waals surface area contributed by atoms with Gasteiger partial charge in [0.1, 0.15) is 0 Å². The molecule has 3 aromatic carbocycles. The second-order valence-electron chi connectivity index (χ2n) is 13.1. The fraction of sp³-hybridized carbons (Fsp3) is 0.294. The Balaban J connectivity index is 1.05. The van der Waals surface area contributed by atoms with Gasteiger partial charge in [-0.25, -0.2) is 13.6 Å². The number of primary sulfonamides is 1. The number of amides is 3. The molecule has 2 bridgehead atoms. The van der Waals surface area contributed by atoms with Crippen molar-refractivity contribution in [1.82, 2.24) is 4.98 Å². The van der Waals surface area contributed by atoms with Crippen LogP contribution in [0.2, 0.25) is 0 Å². The molecule has 15 nitrogen and oxygen atoms in total. The van der Waals surface area contributed by atoms with Gasteiger partial charge in [0.2, 0.25) is 21.8 Å². The number of carbonyl (C=O) groups is 3. The number of thioether (sulfide) groups is 1. The van der Waals surface area contributed by atoms with Gasteiger partial charge in [-0.3, -0.25) is 34.2 Å². The van der Waals surface area contributed by atoms with Gasteiger partial charge in [0, 0.05) is 33.9 Å². The van der Waals surface area contributed by atoms with Gasteiger partial charge in [-0.15, -0.1) is 11.8 Å². The normalized spacial score (nSPS) is 25.7. The van der Waals surface area contributed by atoms with Crippen molar-refractivity contribution in [3.05, 3.63) is 97.0 Å². The Kier molecular flexibility index (Phi) is 8.24. The quantitative estimate of drug-likeness (QED) is 0.127. The number of hydrogen-bond acceptors (Lipinski definition) is 12. The van der Waals surface area contributed by atoms with Crippen molar-refractivity contribution >= 4 is 67.9 Å². The Morgan fingerprint density at radius 3 is 2.37 bits per heavy atom. The number of benzene rings is 3. The number of ether oxygens (including phenoxy) is 2. The molecule has 0 radical (unpaired) electrons. The summed E-state index contributed by atoms with van der Waals surface area (Å²) in [6.07, 6.45) is 0.678. The first kappa shape index (κ1) is 34.1. The van der Waals surface area contributed by atoms with Crippen molar-refractivity contribution in [2.24, 2.45) is 34.7 Å². The number of thiazole rings is 1. The Morgan fingerprint density at radius 1 is 1.02 bits per heavy atom. The Bertz CT molecular complexity index is 2330. The minimum Gasteiger partial charge on any atom is -0.493 e. The molecule has 4 unspecified atom stereocenters. The smallest absolute Gasteiger partial charge is 0.305 e. The van der Waals surface area contributed by atoms with Crippen molar-refractivity contribution in [2.75, 3.05) is 23.9 Å². The number of imide groups is 1. The maximum atomic E-state index is 14.0. The molecule has 268 valence electrons. The molecule has 1 aromatic heterocycles. The monoisotopic (exact) mass is 763 g/mol. The molecule has 52 heavy (non-hydrogen) atoms. The number of nitro benzene ring substituents is 1. The number of nitrogens with zero attached hydrogens (tertiary/aromatic N) is 2. The van der Waals surface area contributed by atoms with E-state index in [1.165, 1.54) is 60.5 Å². The van der Waals surface area contributed by atoms with Gasteiger partial charge in [0.15, 0.2) is 18.1 Å². The fourth-order valence-corrected chi connectivity index (χ4v) is 11.8. The van der Waals surface area contributed by atoms with Crippen LogP contribution in [-0.2, 0) is 24.4 Å². The van der Waals surface area contributed by atoms with Crippen molar-refractivity contribution in [2.45, 2.75) is 27.5 Å². The van der Waals surface area contributed by atoms with Gasteiger partial charge in [0.25, 0.3) is 11.6 Å². The highest BCUT2D eigenvalue weighted by Gasteiger charge is 2.69. The fourth-order valence-electron chi connectivity index (χ4n) is 8.43. The summed E-state index contributed by atoms with van der Waals surface area (Å²) in [4.78, 5) is 68.6. The SMILES string of the molecule is COc1cc([C@H]2c3sc(=O)[nH]c3SC3C2[C@H]2C[C@@H]3C3C(=O)N(c4ccc([N+](=O)[O-])cc4)C(=O)C32)ccc1OCC(=O)Nc1ccc(S(N)(=O)=O)cc1. The van der Waals surface area contributed by atoms with E-state index >= 15 is 0 Å². The average Bonchev–Trinajstić information content (AvgIpc) is 3.85. The lowest BCUT2D eigenvalue weighted by Gasteiger charge is -2.43. The number of aromatic amines is 1. The van der Waals surface area contributed by atoms with Gasteiger partial charge in [0.05, 0.1) is 39.5 Å². The van der Waals surface area contributed by atoms with Crippen LogP contribution in [-0.4, -0.2) is 55.0 Å². The molecule has 4 aliphatic rings. The summed E-state index contributed by atoms with van der Waals surface area (Å²) in [5.74, 6) is -2.25. The molecule has 3 fully saturated rings. The minimum absolute atomic E-state index is 0.0628. The van der Waals surface area contributed by atoms with Crippen LogP contribution in [0.25, 0.3) is 0 Å². The number of nitro groups is 1. The number of methoxy groups -OCH3 is 1. The van der Waals surface area contributed by atoms with E-state index in [2.05, 4.69) is 10.3 Å². The van der Waals surface area contributed by atoms with Crippen molar-refractivity contribution in [3.8, 4) is 11.5 Å². The van der Waals surface area contributed by atoms with E-state index in [1.54, 1.807) is 23.9 Å². The summed E-state index contributed by atoms with van der Waals surface area (Å²) in [7, 11) is -2.41. The number of sulfonamides is 1. The molecule has 2 saturated carbocycles. The molecule has 3 heterocycles. The highest BCUT2D eigenvalue weighted by atomic mass is 32.2. The zero-order chi connectivity index (χ0) is 36.6. The predicted molar refractivity (Wildman–Crippen MR) is 189 cm³/mol. The number of hydrogen-bond donors (Lipinski definition) is 3. The largest absolute Gasteiger partial charge is 0.493 e. The summed E-state index contributed by atoms with van der Waals surface area (Å²) in [5, 5.41) is 19.6. The second-order valence-corrected chi connectivity index (χ2v) is 16.8. The van der Waals surface area contributed by atoms with Crippen molar-refractivity contribution in [1.29, 1.82) is 0 Å². The molecule has 7 atom stereocenters. The molecule has 3 amide bonds. The van der Waals surface area contributed by atoms with Crippen molar-refractivity contribution < 1.29 is 37.2 Å². The van der Waals surface area contributed by atoms with E-state index in [-0.39, 0.29) is 62.8 Å². The number of aromatic nitrogens is 1. The van der Waals surface area contributed by atoms with E-state index in [0.29, 0.717) is 29.3 Å². The van der Waals surface area contributed by atoms with Gasteiger partial charge in [-0.1, -0.05) is 17.4 Å². The molecular weight excluding hydrogens is 735 g/mol. The van der Waals surface area contributed by atoms with Crippen LogP contribution in [0.3, 0.4) is 0 Å². The second kappa shape index (κ2) is 12.6. The van der Waals surface area contributed by atoms with Gasteiger partial charge in [-0.05, 0) is 78.3 Å². The Hall–Kier alpha value is -5.04. The van der Waals surface area contributed by atoms with E-state index in [0.717, 1.165) is 26.8 Å². The molecule has 0 spiro atoms. The number of anilines is 2. The zero-order valence-electron chi connectivity index (χ0n) is 27.1. The Morgan fingerprint density at radius 2 is 1.71 bits per heavy atom. The van der Waals surface area contributed by atoms with Crippen molar-refractivity contribution in [3.63, 3.8) is 0 Å². The summed E-state index contributed by atoms with van der Waals surface area (Å²) in [6, 6.07) is 16.1. The van der Waals surface area contributed by atoms with E-state index in [1.807, 2.05) is 6.07 Å². The van der Waals surface area contributed by atoms with Gasteiger partial charge >= 0.3 is 4.87 Å². The molecule has 2 aliphatic heterocycles. The molecule has 4 N–H and O–H groups in total.